The van der Waals surface area contributed by atoms with E-state index in [4.69, 9.17) is 0 Å². The molecule has 0 saturated carbocycles. The van der Waals surface area contributed by atoms with E-state index in [0.717, 1.165) is 28.3 Å². The molecule has 0 unspecified atom stereocenters. The highest BCUT2D eigenvalue weighted by atomic mass is 16.1. The third kappa shape index (κ3) is 3.91. The zero-order valence-electron chi connectivity index (χ0n) is 12.7. The minimum absolute atomic E-state index is 0.0868. The number of rotatable bonds is 4. The van der Waals surface area contributed by atoms with Crippen molar-refractivity contribution < 1.29 is 4.79 Å². The van der Waals surface area contributed by atoms with Gasteiger partial charge in [0.05, 0.1) is 11.9 Å². The molecule has 0 radical (unpaired) electrons. The minimum atomic E-state index is -0.0868. The van der Waals surface area contributed by atoms with E-state index in [0.29, 0.717) is 0 Å². The Balaban J connectivity index is 1.78. The number of anilines is 3. The Morgan fingerprint density at radius 1 is 0.957 bits per heavy atom. The lowest BCUT2D eigenvalue weighted by Crippen LogP contribution is -2.05. The average Bonchev–Trinajstić information content (AvgIpc) is 2.56. The first-order chi connectivity index (χ1) is 11.2. The Kier molecular flexibility index (Phi) is 4.29. The first kappa shape index (κ1) is 14.7. The Bertz CT molecular complexity index is 801. The number of amides is 1. The van der Waals surface area contributed by atoms with Crippen LogP contribution < -0.4 is 10.6 Å². The van der Waals surface area contributed by atoms with E-state index in [9.17, 15) is 4.79 Å². The van der Waals surface area contributed by atoms with Crippen LogP contribution in [-0.2, 0) is 4.79 Å². The number of hydrogen-bond donors (Lipinski definition) is 2. The van der Waals surface area contributed by atoms with Crippen LogP contribution in [0.4, 0.5) is 17.2 Å². The number of hydrogen-bond acceptors (Lipinski definition) is 4. The summed E-state index contributed by atoms with van der Waals surface area (Å²) in [7, 11) is 0. The standard InChI is InChI=1S/C18H16N4O/c1-13(23)21-16-5-2-4-14(10-16)15-7-8-18(20-11-15)22-17-6-3-9-19-12-17/h2-12H,1H3,(H,20,22)(H,21,23). The molecule has 2 heterocycles. The quantitative estimate of drug-likeness (QED) is 0.768. The summed E-state index contributed by atoms with van der Waals surface area (Å²) in [5.41, 5.74) is 3.64. The first-order valence-electron chi connectivity index (χ1n) is 7.22. The number of benzene rings is 1. The van der Waals surface area contributed by atoms with E-state index < -0.39 is 0 Å². The van der Waals surface area contributed by atoms with Gasteiger partial charge in [-0.15, -0.1) is 0 Å². The van der Waals surface area contributed by atoms with Gasteiger partial charge >= 0.3 is 0 Å². The summed E-state index contributed by atoms with van der Waals surface area (Å²) < 4.78 is 0. The predicted molar refractivity (Wildman–Crippen MR) is 91.5 cm³/mol. The van der Waals surface area contributed by atoms with Gasteiger partial charge in [-0.2, -0.15) is 0 Å². The molecule has 2 N–H and O–H groups in total. The zero-order chi connectivity index (χ0) is 16.1. The molecule has 114 valence electrons. The van der Waals surface area contributed by atoms with E-state index in [1.54, 1.807) is 18.6 Å². The van der Waals surface area contributed by atoms with E-state index in [-0.39, 0.29) is 5.91 Å². The van der Waals surface area contributed by atoms with Crippen molar-refractivity contribution in [2.24, 2.45) is 0 Å². The summed E-state index contributed by atoms with van der Waals surface area (Å²) >= 11 is 0. The Morgan fingerprint density at radius 3 is 2.52 bits per heavy atom. The van der Waals surface area contributed by atoms with Crippen LogP contribution in [0.15, 0.2) is 67.1 Å². The van der Waals surface area contributed by atoms with Gasteiger partial charge in [0.25, 0.3) is 0 Å². The van der Waals surface area contributed by atoms with Crippen LogP contribution in [0.1, 0.15) is 6.92 Å². The van der Waals surface area contributed by atoms with Gasteiger partial charge in [0, 0.05) is 30.6 Å². The SMILES string of the molecule is CC(=O)Nc1cccc(-c2ccc(Nc3cccnc3)nc2)c1. The van der Waals surface area contributed by atoms with E-state index in [1.807, 2.05) is 48.5 Å². The maximum absolute atomic E-state index is 11.1. The van der Waals surface area contributed by atoms with Crippen molar-refractivity contribution in [3.63, 3.8) is 0 Å². The number of carbonyl (C=O) groups is 1. The van der Waals surface area contributed by atoms with Crippen LogP contribution in [0.3, 0.4) is 0 Å². The summed E-state index contributed by atoms with van der Waals surface area (Å²) in [6.07, 6.45) is 5.27. The van der Waals surface area contributed by atoms with Gasteiger partial charge in [0.1, 0.15) is 5.82 Å². The maximum atomic E-state index is 11.1. The highest BCUT2D eigenvalue weighted by molar-refractivity contribution is 5.89. The molecular formula is C18H16N4O. The Morgan fingerprint density at radius 2 is 1.83 bits per heavy atom. The Labute approximate surface area is 134 Å². The highest BCUT2D eigenvalue weighted by Gasteiger charge is 2.02. The lowest BCUT2D eigenvalue weighted by molar-refractivity contribution is -0.114. The number of pyridine rings is 2. The zero-order valence-corrected chi connectivity index (χ0v) is 12.7. The van der Waals surface area contributed by atoms with Crippen molar-refractivity contribution in [2.45, 2.75) is 6.92 Å². The van der Waals surface area contributed by atoms with Crippen LogP contribution in [0.25, 0.3) is 11.1 Å². The van der Waals surface area contributed by atoms with Crippen molar-refractivity contribution in [2.75, 3.05) is 10.6 Å². The van der Waals surface area contributed by atoms with Gasteiger partial charge in [-0.3, -0.25) is 9.78 Å². The van der Waals surface area contributed by atoms with Crippen molar-refractivity contribution in [1.29, 1.82) is 0 Å². The molecule has 0 bridgehead atoms. The molecule has 3 aromatic rings. The fourth-order valence-corrected chi connectivity index (χ4v) is 2.20. The molecular weight excluding hydrogens is 288 g/mol. The topological polar surface area (TPSA) is 66.9 Å². The average molecular weight is 304 g/mol. The summed E-state index contributed by atoms with van der Waals surface area (Å²) in [4.78, 5) is 19.6. The fraction of sp³-hybridized carbons (Fsp3) is 0.0556. The van der Waals surface area contributed by atoms with Crippen molar-refractivity contribution in [1.82, 2.24) is 9.97 Å². The van der Waals surface area contributed by atoms with Gasteiger partial charge in [0.2, 0.25) is 5.91 Å². The Hall–Kier alpha value is -3.21. The van der Waals surface area contributed by atoms with E-state index in [1.165, 1.54) is 6.92 Å². The van der Waals surface area contributed by atoms with Crippen molar-refractivity contribution >= 4 is 23.1 Å². The van der Waals surface area contributed by atoms with Crippen molar-refractivity contribution in [3.05, 3.63) is 67.1 Å². The van der Waals surface area contributed by atoms with Gasteiger partial charge in [-0.05, 0) is 42.0 Å². The molecule has 1 aromatic carbocycles. The molecule has 0 saturated heterocycles. The third-order valence-electron chi connectivity index (χ3n) is 3.21. The summed E-state index contributed by atoms with van der Waals surface area (Å²) in [6.45, 7) is 1.49. The molecule has 0 aliphatic rings. The number of aromatic nitrogens is 2. The maximum Gasteiger partial charge on any atom is 0.221 e. The largest absolute Gasteiger partial charge is 0.339 e. The smallest absolute Gasteiger partial charge is 0.221 e. The molecule has 0 aliphatic heterocycles. The van der Waals surface area contributed by atoms with E-state index >= 15 is 0 Å². The lowest BCUT2D eigenvalue weighted by Gasteiger charge is -2.08. The number of nitrogens with one attached hydrogen (secondary N) is 2. The molecule has 1 amide bonds. The van der Waals surface area contributed by atoms with E-state index in [2.05, 4.69) is 20.6 Å². The van der Waals surface area contributed by atoms with Gasteiger partial charge in [0.15, 0.2) is 0 Å². The van der Waals surface area contributed by atoms with Crippen LogP contribution in [-0.4, -0.2) is 15.9 Å². The van der Waals surface area contributed by atoms with Crippen LogP contribution >= 0.6 is 0 Å². The normalized spacial score (nSPS) is 10.1. The second-order valence-corrected chi connectivity index (χ2v) is 5.06. The van der Waals surface area contributed by atoms with Gasteiger partial charge < -0.3 is 10.6 Å². The number of nitrogens with zero attached hydrogens (tertiary/aromatic N) is 2. The van der Waals surface area contributed by atoms with Gasteiger partial charge in [-0.1, -0.05) is 12.1 Å². The first-order valence-corrected chi connectivity index (χ1v) is 7.22. The second kappa shape index (κ2) is 6.70. The second-order valence-electron chi connectivity index (χ2n) is 5.06. The highest BCUT2D eigenvalue weighted by Crippen LogP contribution is 2.23. The molecule has 3 rings (SSSR count). The molecule has 5 heteroatoms. The molecule has 23 heavy (non-hydrogen) atoms. The fourth-order valence-electron chi connectivity index (χ4n) is 2.20. The predicted octanol–water partition coefficient (Wildman–Crippen LogP) is 3.85. The number of carbonyl (C=O) groups excluding carboxylic acids is 1. The lowest BCUT2D eigenvalue weighted by atomic mass is 10.1. The van der Waals surface area contributed by atoms with Crippen LogP contribution in [0.5, 0.6) is 0 Å². The summed E-state index contributed by atoms with van der Waals surface area (Å²) in [6, 6.07) is 15.4. The van der Waals surface area contributed by atoms with Crippen molar-refractivity contribution in [3.8, 4) is 11.1 Å². The van der Waals surface area contributed by atoms with Crippen LogP contribution in [0, 0.1) is 0 Å². The molecule has 2 aromatic heterocycles. The van der Waals surface area contributed by atoms with Gasteiger partial charge in [-0.25, -0.2) is 4.98 Å². The monoisotopic (exact) mass is 304 g/mol. The molecule has 5 nitrogen and oxygen atoms in total. The molecule has 0 atom stereocenters. The minimum Gasteiger partial charge on any atom is -0.339 e. The molecule has 0 spiro atoms. The third-order valence-corrected chi connectivity index (χ3v) is 3.21. The summed E-state index contributed by atoms with van der Waals surface area (Å²) in [5.74, 6) is 0.663. The van der Waals surface area contributed by atoms with Crippen LogP contribution in [0.2, 0.25) is 0 Å². The summed E-state index contributed by atoms with van der Waals surface area (Å²) in [5, 5.41) is 5.97. The molecule has 0 fully saturated rings. The molecule has 0 aliphatic carbocycles.